The molecule has 5 nitrogen and oxygen atoms in total. The largest absolute Gasteiger partial charge is 0.756 e. The molecule has 1 aromatic carbocycles. The molecule has 0 aliphatic rings. The number of fused-ring (bicyclic) bond motifs is 1. The number of phosphoric ester groups is 1. The summed E-state index contributed by atoms with van der Waals surface area (Å²) in [6.07, 6.45) is 22.6. The summed E-state index contributed by atoms with van der Waals surface area (Å²) in [5.41, 5.74) is 1.05. The maximum Gasteiger partial charge on any atom is 0.268 e. The molecule has 0 saturated carbocycles. The van der Waals surface area contributed by atoms with Crippen molar-refractivity contribution in [1.29, 1.82) is 0 Å². The second kappa shape index (κ2) is 18.9. The molecule has 0 radical (unpaired) electrons. The second-order valence-electron chi connectivity index (χ2n) is 9.68. The van der Waals surface area contributed by atoms with Crippen molar-refractivity contribution in [3.63, 3.8) is 0 Å². The minimum absolute atomic E-state index is 0.0679. The number of hydrogen-bond acceptors (Lipinski definition) is 4. The van der Waals surface area contributed by atoms with Crippen molar-refractivity contribution in [2.24, 2.45) is 0 Å². The van der Waals surface area contributed by atoms with Crippen molar-refractivity contribution in [2.75, 3.05) is 13.2 Å². The van der Waals surface area contributed by atoms with Gasteiger partial charge in [-0.3, -0.25) is 4.57 Å². The molecule has 1 unspecified atom stereocenters. The molecule has 2 aromatic rings. The molecule has 0 aliphatic carbocycles. The molecule has 1 atom stereocenters. The minimum atomic E-state index is -4.24. The lowest BCUT2D eigenvalue weighted by Gasteiger charge is -2.22. The van der Waals surface area contributed by atoms with Crippen LogP contribution in [0.5, 0.6) is 0 Å². The van der Waals surface area contributed by atoms with Crippen molar-refractivity contribution < 1.29 is 23.1 Å². The molecule has 198 valence electrons. The van der Waals surface area contributed by atoms with Gasteiger partial charge in [-0.1, -0.05) is 115 Å². The third-order valence-electron chi connectivity index (χ3n) is 6.62. The summed E-state index contributed by atoms with van der Waals surface area (Å²) in [5.74, 6) is 0. The molecule has 0 N–H and O–H groups in total. The van der Waals surface area contributed by atoms with Gasteiger partial charge in [-0.05, 0) is 18.6 Å². The fourth-order valence-electron chi connectivity index (χ4n) is 4.53. The van der Waals surface area contributed by atoms with Crippen LogP contribution in [0.1, 0.15) is 110 Å². The molecule has 35 heavy (non-hydrogen) atoms. The number of para-hydroxylation sites is 1. The molecule has 0 saturated heterocycles. The fraction of sp³-hybridized carbons (Fsp3) is 0.690. The lowest BCUT2D eigenvalue weighted by Crippen LogP contribution is -2.36. The van der Waals surface area contributed by atoms with Crippen LogP contribution in [-0.2, 0) is 20.2 Å². The molecular weight excluding hydrogens is 457 g/mol. The highest BCUT2D eigenvalue weighted by atomic mass is 31.2. The Morgan fingerprint density at radius 3 is 1.77 bits per heavy atom. The summed E-state index contributed by atoms with van der Waals surface area (Å²) in [6.45, 7) is 3.00. The normalized spacial score (nSPS) is 13.3. The Balaban J connectivity index is 1.39. The maximum atomic E-state index is 12.0. The Kier molecular flexibility index (Phi) is 16.2. The van der Waals surface area contributed by atoms with E-state index in [2.05, 4.69) is 6.92 Å². The SMILES string of the molecule is CCCCCCCCCCCCCCCCCCOP(=O)([O-])OCC[n+]1cccc2ccccc21. The fourth-order valence-corrected chi connectivity index (χ4v) is 5.26. The number of hydrogen-bond donors (Lipinski definition) is 0. The van der Waals surface area contributed by atoms with Gasteiger partial charge in [0, 0.05) is 17.5 Å². The van der Waals surface area contributed by atoms with E-state index in [4.69, 9.17) is 9.05 Å². The van der Waals surface area contributed by atoms with Crippen molar-refractivity contribution in [3.05, 3.63) is 42.6 Å². The first-order valence-corrected chi connectivity index (χ1v) is 15.6. The van der Waals surface area contributed by atoms with Crippen LogP contribution in [0.25, 0.3) is 10.9 Å². The van der Waals surface area contributed by atoms with Crippen molar-refractivity contribution in [2.45, 2.75) is 116 Å². The van der Waals surface area contributed by atoms with E-state index in [1.54, 1.807) is 0 Å². The van der Waals surface area contributed by atoms with E-state index in [0.29, 0.717) is 6.54 Å². The summed E-state index contributed by atoms with van der Waals surface area (Å²) < 4.78 is 24.1. The van der Waals surface area contributed by atoms with Gasteiger partial charge in [0.05, 0.1) is 6.61 Å². The van der Waals surface area contributed by atoms with Crippen LogP contribution >= 0.6 is 7.82 Å². The molecule has 0 bridgehead atoms. The number of unbranched alkanes of at least 4 members (excludes halogenated alkanes) is 15. The Morgan fingerprint density at radius 2 is 1.17 bits per heavy atom. The zero-order valence-electron chi connectivity index (χ0n) is 22.0. The van der Waals surface area contributed by atoms with Gasteiger partial charge in [-0.2, -0.15) is 4.57 Å². The van der Waals surface area contributed by atoms with Crippen LogP contribution in [0, 0.1) is 0 Å². The Morgan fingerprint density at radius 1 is 0.686 bits per heavy atom. The first-order chi connectivity index (χ1) is 17.1. The monoisotopic (exact) mass is 505 g/mol. The number of aromatic nitrogens is 1. The average Bonchev–Trinajstić information content (AvgIpc) is 2.86. The van der Waals surface area contributed by atoms with Gasteiger partial charge < -0.3 is 13.9 Å². The smallest absolute Gasteiger partial charge is 0.268 e. The number of rotatable bonds is 22. The van der Waals surface area contributed by atoms with E-state index in [1.807, 2.05) is 47.2 Å². The topological polar surface area (TPSA) is 62.5 Å². The van der Waals surface area contributed by atoms with Crippen LogP contribution in [0.15, 0.2) is 42.6 Å². The van der Waals surface area contributed by atoms with Crippen molar-refractivity contribution >= 4 is 18.7 Å². The van der Waals surface area contributed by atoms with Crippen LogP contribution in [-0.4, -0.2) is 13.2 Å². The third kappa shape index (κ3) is 14.2. The van der Waals surface area contributed by atoms with Gasteiger partial charge in [-0.15, -0.1) is 0 Å². The molecule has 0 aliphatic heterocycles. The highest BCUT2D eigenvalue weighted by Crippen LogP contribution is 2.38. The van der Waals surface area contributed by atoms with Crippen molar-refractivity contribution in [3.8, 4) is 0 Å². The van der Waals surface area contributed by atoms with E-state index >= 15 is 0 Å². The van der Waals surface area contributed by atoms with E-state index in [9.17, 15) is 9.46 Å². The molecule has 0 fully saturated rings. The van der Waals surface area contributed by atoms with E-state index in [-0.39, 0.29) is 13.2 Å². The van der Waals surface area contributed by atoms with Gasteiger partial charge in [-0.25, -0.2) is 0 Å². The second-order valence-corrected chi connectivity index (χ2v) is 11.1. The van der Waals surface area contributed by atoms with Gasteiger partial charge in [0.2, 0.25) is 5.52 Å². The predicted molar refractivity (Wildman–Crippen MR) is 143 cm³/mol. The highest BCUT2D eigenvalue weighted by molar-refractivity contribution is 7.45. The summed E-state index contributed by atoms with van der Waals surface area (Å²) >= 11 is 0. The lowest BCUT2D eigenvalue weighted by atomic mass is 10.0. The zero-order valence-corrected chi connectivity index (χ0v) is 22.9. The number of benzene rings is 1. The molecule has 6 heteroatoms. The van der Waals surface area contributed by atoms with E-state index < -0.39 is 7.82 Å². The lowest BCUT2D eigenvalue weighted by molar-refractivity contribution is -0.672. The highest BCUT2D eigenvalue weighted by Gasteiger charge is 2.12. The minimum Gasteiger partial charge on any atom is -0.756 e. The molecular formula is C29H48NO4P. The predicted octanol–water partition coefficient (Wildman–Crippen LogP) is 7.89. The summed E-state index contributed by atoms with van der Waals surface area (Å²) in [7, 11) is -4.24. The maximum absolute atomic E-state index is 12.0. The molecule has 1 heterocycles. The Bertz CT molecular complexity index is 839. The van der Waals surface area contributed by atoms with Crippen molar-refractivity contribution in [1.82, 2.24) is 0 Å². The molecule has 0 spiro atoms. The molecule has 1 aromatic heterocycles. The van der Waals surface area contributed by atoms with Gasteiger partial charge in [0.1, 0.15) is 6.61 Å². The van der Waals surface area contributed by atoms with E-state index in [1.165, 1.54) is 83.5 Å². The average molecular weight is 506 g/mol. The van der Waals surface area contributed by atoms with Crippen LogP contribution < -0.4 is 9.46 Å². The quantitative estimate of drug-likeness (QED) is 0.0927. The van der Waals surface area contributed by atoms with Crippen LogP contribution in [0.2, 0.25) is 0 Å². The first-order valence-electron chi connectivity index (χ1n) is 14.1. The number of phosphoric acid groups is 1. The zero-order chi connectivity index (χ0) is 25.0. The first kappa shape index (κ1) is 30.0. The van der Waals surface area contributed by atoms with Gasteiger partial charge in [0.25, 0.3) is 7.82 Å². The summed E-state index contributed by atoms with van der Waals surface area (Å²) in [6, 6.07) is 12.0. The molecule has 2 rings (SSSR count). The third-order valence-corrected chi connectivity index (χ3v) is 7.61. The number of nitrogens with zero attached hydrogens (tertiary/aromatic N) is 1. The van der Waals surface area contributed by atoms with Gasteiger partial charge in [0.15, 0.2) is 12.7 Å². The standard InChI is InChI=1S/C29H48NO4P/c1-2-3-4-5-6-7-8-9-10-11-12-13-14-15-16-19-26-33-35(31,32)34-27-25-30-24-20-22-28-21-17-18-23-29(28)30/h17-18,20-24H,2-16,19,25-27H2,1H3. The van der Waals surface area contributed by atoms with Crippen LogP contribution in [0.4, 0.5) is 0 Å². The summed E-state index contributed by atoms with van der Waals surface area (Å²) in [4.78, 5) is 12.0. The molecule has 0 amide bonds. The summed E-state index contributed by atoms with van der Waals surface area (Å²) in [5, 5.41) is 1.11. The Hall–Kier alpha value is -1.26. The Labute approximate surface area is 213 Å². The van der Waals surface area contributed by atoms with Crippen LogP contribution in [0.3, 0.4) is 0 Å². The number of pyridine rings is 1. The van der Waals surface area contributed by atoms with E-state index in [0.717, 1.165) is 30.2 Å². The van der Waals surface area contributed by atoms with Gasteiger partial charge >= 0.3 is 0 Å².